The number of ether oxygens (including phenoxy) is 1. The predicted octanol–water partition coefficient (Wildman–Crippen LogP) is 5.14. The van der Waals surface area contributed by atoms with Gasteiger partial charge in [0, 0.05) is 34.2 Å². The average molecular weight is 412 g/mol. The molecule has 26 heavy (non-hydrogen) atoms. The van der Waals surface area contributed by atoms with Gasteiger partial charge < -0.3 is 15.0 Å². The molecule has 3 rings (SSSR count). The first-order chi connectivity index (χ1) is 12.5. The molecule has 0 spiro atoms. The smallest absolute Gasteiger partial charge is 0.248 e. The fourth-order valence-electron chi connectivity index (χ4n) is 2.66. The lowest BCUT2D eigenvalue weighted by atomic mass is 10.2. The van der Waals surface area contributed by atoms with Crippen LogP contribution in [0.4, 0.5) is 11.4 Å². The van der Waals surface area contributed by atoms with E-state index in [2.05, 4.69) is 10.2 Å². The quantitative estimate of drug-likeness (QED) is 0.709. The molecule has 1 heterocycles. The van der Waals surface area contributed by atoms with E-state index in [1.807, 2.05) is 12.1 Å². The second kappa shape index (κ2) is 8.78. The third-order valence-corrected chi connectivity index (χ3v) is 4.74. The van der Waals surface area contributed by atoms with Crippen LogP contribution in [0.3, 0.4) is 0 Å². The number of nitrogens with zero attached hydrogens (tertiary/aromatic N) is 1. The lowest BCUT2D eigenvalue weighted by Crippen LogP contribution is -2.36. The Bertz CT molecular complexity index is 834. The van der Waals surface area contributed by atoms with Gasteiger partial charge in [0.15, 0.2) is 0 Å². The van der Waals surface area contributed by atoms with Crippen molar-refractivity contribution in [2.45, 2.75) is 0 Å². The highest BCUT2D eigenvalue weighted by atomic mass is 35.5. The molecule has 0 aromatic heterocycles. The number of hydrogen-bond donors (Lipinski definition) is 1. The summed E-state index contributed by atoms with van der Waals surface area (Å²) in [5.74, 6) is -0.271. The number of halogens is 3. The van der Waals surface area contributed by atoms with E-state index >= 15 is 0 Å². The lowest BCUT2D eigenvalue weighted by Gasteiger charge is -2.30. The molecule has 0 atom stereocenters. The molecular weight excluding hydrogens is 395 g/mol. The molecule has 0 saturated carbocycles. The first kappa shape index (κ1) is 19.1. The van der Waals surface area contributed by atoms with E-state index in [4.69, 9.17) is 39.5 Å². The molecule has 1 aliphatic heterocycles. The molecule has 0 unspecified atom stereocenters. The zero-order valence-corrected chi connectivity index (χ0v) is 16.1. The maximum atomic E-state index is 12.4. The molecular formula is C19H17Cl3N2O2. The Hall–Kier alpha value is -1.72. The van der Waals surface area contributed by atoms with Crippen molar-refractivity contribution in [1.29, 1.82) is 0 Å². The molecule has 1 aliphatic rings. The average Bonchev–Trinajstić information content (AvgIpc) is 2.62. The van der Waals surface area contributed by atoms with E-state index < -0.39 is 0 Å². The van der Waals surface area contributed by atoms with Crippen LogP contribution < -0.4 is 10.2 Å². The number of nitrogens with one attached hydrogen (secondary N) is 1. The minimum Gasteiger partial charge on any atom is -0.378 e. The van der Waals surface area contributed by atoms with Crippen molar-refractivity contribution in [2.75, 3.05) is 36.5 Å². The summed E-state index contributed by atoms with van der Waals surface area (Å²) < 4.78 is 5.38. The van der Waals surface area contributed by atoms with E-state index in [1.54, 1.807) is 30.3 Å². The molecule has 0 radical (unpaired) electrons. The molecule has 1 N–H and O–H groups in total. The summed E-state index contributed by atoms with van der Waals surface area (Å²) in [6.07, 6.45) is 3.08. The van der Waals surface area contributed by atoms with Crippen molar-refractivity contribution >= 4 is 58.2 Å². The van der Waals surface area contributed by atoms with E-state index in [0.717, 1.165) is 18.8 Å². The second-order valence-electron chi connectivity index (χ2n) is 5.75. The Kier molecular flexibility index (Phi) is 6.43. The molecule has 7 heteroatoms. The Labute approximate surface area is 167 Å². The van der Waals surface area contributed by atoms with Crippen molar-refractivity contribution < 1.29 is 9.53 Å². The Balaban J connectivity index is 1.76. The summed E-state index contributed by atoms with van der Waals surface area (Å²) in [5.41, 5.74) is 2.30. The van der Waals surface area contributed by atoms with E-state index in [1.165, 1.54) is 6.08 Å². The predicted molar refractivity (Wildman–Crippen MR) is 109 cm³/mol. The minimum atomic E-state index is -0.271. The maximum absolute atomic E-state index is 12.4. The minimum absolute atomic E-state index is 0.271. The molecule has 1 amide bonds. The number of rotatable bonds is 4. The van der Waals surface area contributed by atoms with Gasteiger partial charge in [-0.25, -0.2) is 0 Å². The largest absolute Gasteiger partial charge is 0.378 e. The van der Waals surface area contributed by atoms with Crippen LogP contribution in [0.1, 0.15) is 5.56 Å². The second-order valence-corrected chi connectivity index (χ2v) is 7.03. The van der Waals surface area contributed by atoms with Crippen LogP contribution in [0.25, 0.3) is 6.08 Å². The van der Waals surface area contributed by atoms with Crippen LogP contribution in [0.5, 0.6) is 0 Å². The maximum Gasteiger partial charge on any atom is 0.248 e. The normalized spacial score (nSPS) is 14.7. The van der Waals surface area contributed by atoms with Crippen LogP contribution in [0.2, 0.25) is 15.1 Å². The van der Waals surface area contributed by atoms with Gasteiger partial charge in [-0.3, -0.25) is 4.79 Å². The highest BCUT2D eigenvalue weighted by molar-refractivity contribution is 6.35. The number of carbonyl (C=O) groups is 1. The molecule has 0 aliphatic carbocycles. The zero-order chi connectivity index (χ0) is 18.5. The summed E-state index contributed by atoms with van der Waals surface area (Å²) in [6.45, 7) is 2.84. The standard InChI is InChI=1S/C19H17Cl3N2O2/c20-14-3-1-13(16(22)11-14)2-6-19(25)23-17-12-15(21)4-5-18(17)24-7-9-26-10-8-24/h1-6,11-12H,7-10H2,(H,23,25). The van der Waals surface area contributed by atoms with Gasteiger partial charge in [0.2, 0.25) is 5.91 Å². The fourth-order valence-corrected chi connectivity index (χ4v) is 3.31. The van der Waals surface area contributed by atoms with Crippen LogP contribution in [-0.2, 0) is 9.53 Å². The lowest BCUT2D eigenvalue weighted by molar-refractivity contribution is -0.111. The molecule has 0 bridgehead atoms. The van der Waals surface area contributed by atoms with Gasteiger partial charge in [-0.2, -0.15) is 0 Å². The van der Waals surface area contributed by atoms with Crippen molar-refractivity contribution in [2.24, 2.45) is 0 Å². The summed E-state index contributed by atoms with van der Waals surface area (Å²) in [7, 11) is 0. The molecule has 1 fully saturated rings. The topological polar surface area (TPSA) is 41.6 Å². The number of amides is 1. The van der Waals surface area contributed by atoms with Gasteiger partial charge in [-0.1, -0.05) is 40.9 Å². The first-order valence-corrected chi connectivity index (χ1v) is 9.23. The Morgan fingerprint density at radius 2 is 1.73 bits per heavy atom. The molecule has 2 aromatic rings. The van der Waals surface area contributed by atoms with Gasteiger partial charge in [0.1, 0.15) is 0 Å². The SMILES string of the molecule is O=C(C=Cc1ccc(Cl)cc1Cl)Nc1cc(Cl)ccc1N1CCOCC1. The molecule has 136 valence electrons. The zero-order valence-electron chi connectivity index (χ0n) is 13.8. The van der Waals surface area contributed by atoms with Gasteiger partial charge in [-0.15, -0.1) is 0 Å². The molecule has 2 aromatic carbocycles. The number of anilines is 2. The van der Waals surface area contributed by atoms with E-state index in [0.29, 0.717) is 39.5 Å². The van der Waals surface area contributed by atoms with Gasteiger partial charge in [0.05, 0.1) is 24.6 Å². The molecule has 1 saturated heterocycles. The van der Waals surface area contributed by atoms with Crippen molar-refractivity contribution in [1.82, 2.24) is 0 Å². The Morgan fingerprint density at radius 3 is 2.46 bits per heavy atom. The van der Waals surface area contributed by atoms with Crippen molar-refractivity contribution in [3.05, 3.63) is 63.1 Å². The summed E-state index contributed by atoms with van der Waals surface area (Å²) in [5, 5.41) is 4.48. The monoisotopic (exact) mass is 410 g/mol. The van der Waals surface area contributed by atoms with Gasteiger partial charge >= 0.3 is 0 Å². The highest BCUT2D eigenvalue weighted by Crippen LogP contribution is 2.30. The third-order valence-electron chi connectivity index (χ3n) is 3.95. The molecule has 4 nitrogen and oxygen atoms in total. The van der Waals surface area contributed by atoms with E-state index in [9.17, 15) is 4.79 Å². The van der Waals surface area contributed by atoms with Crippen LogP contribution in [0, 0.1) is 0 Å². The van der Waals surface area contributed by atoms with Crippen molar-refractivity contribution in [3.8, 4) is 0 Å². The van der Waals surface area contributed by atoms with Crippen LogP contribution >= 0.6 is 34.8 Å². The fraction of sp³-hybridized carbons (Fsp3) is 0.211. The summed E-state index contributed by atoms with van der Waals surface area (Å²) in [6, 6.07) is 10.6. The van der Waals surface area contributed by atoms with Crippen LogP contribution in [-0.4, -0.2) is 32.2 Å². The van der Waals surface area contributed by atoms with Gasteiger partial charge in [0.25, 0.3) is 0 Å². The number of hydrogen-bond acceptors (Lipinski definition) is 3. The third kappa shape index (κ3) is 4.92. The van der Waals surface area contributed by atoms with Crippen molar-refractivity contribution in [3.63, 3.8) is 0 Å². The summed E-state index contributed by atoms with van der Waals surface area (Å²) >= 11 is 18.1. The number of morpholine rings is 1. The van der Waals surface area contributed by atoms with Crippen LogP contribution in [0.15, 0.2) is 42.5 Å². The number of benzene rings is 2. The Morgan fingerprint density at radius 1 is 1.04 bits per heavy atom. The summed E-state index contributed by atoms with van der Waals surface area (Å²) in [4.78, 5) is 14.5. The van der Waals surface area contributed by atoms with E-state index in [-0.39, 0.29) is 5.91 Å². The first-order valence-electron chi connectivity index (χ1n) is 8.09. The van der Waals surface area contributed by atoms with Gasteiger partial charge in [-0.05, 0) is 42.0 Å². The highest BCUT2D eigenvalue weighted by Gasteiger charge is 2.16. The number of carbonyl (C=O) groups excluding carboxylic acids is 1.